The highest BCUT2D eigenvalue weighted by atomic mass is 35.5. The lowest BCUT2D eigenvalue weighted by Gasteiger charge is -2.16. The molecule has 1 aromatic heterocycles. The van der Waals surface area contributed by atoms with E-state index in [9.17, 15) is 0 Å². The molecule has 0 bridgehead atoms. The third kappa shape index (κ3) is 3.12. The average molecular weight is 264 g/mol. The van der Waals surface area contributed by atoms with Gasteiger partial charge in [-0.15, -0.1) is 0 Å². The van der Waals surface area contributed by atoms with Crippen LogP contribution in [0.1, 0.15) is 11.4 Å². The molecule has 1 aromatic carbocycles. The molecule has 2 aromatic rings. The number of hydrogen-bond acceptors (Lipinski definition) is 2. The zero-order valence-electron chi connectivity index (χ0n) is 10.7. The number of hydrogen-bond donors (Lipinski definition) is 1. The molecule has 0 aliphatic heterocycles. The van der Waals surface area contributed by atoms with Crippen molar-refractivity contribution in [3.8, 4) is 0 Å². The van der Waals surface area contributed by atoms with Gasteiger partial charge in [0.1, 0.15) is 5.82 Å². The van der Waals surface area contributed by atoms with Crippen molar-refractivity contribution < 1.29 is 0 Å². The first-order valence-electron chi connectivity index (χ1n) is 6.07. The maximum absolute atomic E-state index is 6.19. The van der Waals surface area contributed by atoms with E-state index in [-0.39, 0.29) is 0 Å². The van der Waals surface area contributed by atoms with Crippen LogP contribution in [0.4, 0.5) is 0 Å². The van der Waals surface area contributed by atoms with E-state index in [0.717, 1.165) is 23.7 Å². The number of likely N-dealkylation sites (N-methyl/N-ethyl adjacent to an activating group) is 1. The quantitative estimate of drug-likeness (QED) is 0.898. The highest BCUT2D eigenvalue weighted by molar-refractivity contribution is 6.31. The van der Waals surface area contributed by atoms with Crippen molar-refractivity contribution in [3.63, 3.8) is 0 Å². The first kappa shape index (κ1) is 13.1. The number of aryl methyl sites for hydroxylation is 1. The zero-order chi connectivity index (χ0) is 13.0. The van der Waals surface area contributed by atoms with Gasteiger partial charge in [-0.1, -0.05) is 29.8 Å². The van der Waals surface area contributed by atoms with Crippen LogP contribution in [0.15, 0.2) is 36.7 Å². The molecule has 3 nitrogen and oxygen atoms in total. The molecule has 0 amide bonds. The lowest BCUT2D eigenvalue weighted by atomic mass is 10.0. The van der Waals surface area contributed by atoms with Gasteiger partial charge in [-0.2, -0.15) is 0 Å². The SMILES string of the molecule is CNC(Cc1ccccc1Cl)Cc1nccn1C. The van der Waals surface area contributed by atoms with Crippen LogP contribution in [0.5, 0.6) is 0 Å². The first-order valence-corrected chi connectivity index (χ1v) is 6.45. The van der Waals surface area contributed by atoms with Crippen molar-refractivity contribution >= 4 is 11.6 Å². The van der Waals surface area contributed by atoms with Gasteiger partial charge in [0.2, 0.25) is 0 Å². The lowest BCUT2D eigenvalue weighted by molar-refractivity contribution is 0.534. The van der Waals surface area contributed by atoms with Crippen molar-refractivity contribution in [1.82, 2.24) is 14.9 Å². The highest BCUT2D eigenvalue weighted by Crippen LogP contribution is 2.17. The molecule has 1 heterocycles. The summed E-state index contributed by atoms with van der Waals surface area (Å²) in [5.74, 6) is 1.08. The summed E-state index contributed by atoms with van der Waals surface area (Å²) in [6, 6.07) is 8.33. The van der Waals surface area contributed by atoms with Crippen LogP contribution in [0.2, 0.25) is 5.02 Å². The van der Waals surface area contributed by atoms with Gasteiger partial charge >= 0.3 is 0 Å². The number of rotatable bonds is 5. The van der Waals surface area contributed by atoms with Crippen molar-refractivity contribution in [2.45, 2.75) is 18.9 Å². The summed E-state index contributed by atoms with van der Waals surface area (Å²) < 4.78 is 2.05. The van der Waals surface area contributed by atoms with E-state index in [0.29, 0.717) is 6.04 Å². The number of imidazole rings is 1. The highest BCUT2D eigenvalue weighted by Gasteiger charge is 2.12. The Morgan fingerprint density at radius 2 is 2.11 bits per heavy atom. The topological polar surface area (TPSA) is 29.9 Å². The Labute approximate surface area is 113 Å². The molecule has 96 valence electrons. The zero-order valence-corrected chi connectivity index (χ0v) is 11.5. The number of benzene rings is 1. The summed E-state index contributed by atoms with van der Waals surface area (Å²) in [5.41, 5.74) is 1.17. The van der Waals surface area contributed by atoms with Crippen molar-refractivity contribution in [3.05, 3.63) is 53.1 Å². The van der Waals surface area contributed by atoms with E-state index >= 15 is 0 Å². The Bertz CT molecular complexity index is 507. The second-order valence-corrected chi connectivity index (χ2v) is 4.85. The fraction of sp³-hybridized carbons (Fsp3) is 0.357. The number of aromatic nitrogens is 2. The summed E-state index contributed by atoms with van der Waals surface area (Å²) in [7, 11) is 4.00. The fourth-order valence-electron chi connectivity index (χ4n) is 2.02. The van der Waals surface area contributed by atoms with E-state index in [1.165, 1.54) is 5.56 Å². The lowest BCUT2D eigenvalue weighted by Crippen LogP contribution is -2.31. The molecule has 0 fully saturated rings. The van der Waals surface area contributed by atoms with Crippen LogP contribution in [-0.4, -0.2) is 22.6 Å². The molecule has 0 aliphatic rings. The largest absolute Gasteiger partial charge is 0.338 e. The van der Waals surface area contributed by atoms with E-state index in [1.807, 2.05) is 44.7 Å². The van der Waals surface area contributed by atoms with Gasteiger partial charge in [-0.3, -0.25) is 0 Å². The monoisotopic (exact) mass is 263 g/mol. The minimum Gasteiger partial charge on any atom is -0.338 e. The van der Waals surface area contributed by atoms with Crippen LogP contribution in [0.25, 0.3) is 0 Å². The van der Waals surface area contributed by atoms with Crippen LogP contribution >= 0.6 is 11.6 Å². The van der Waals surface area contributed by atoms with Crippen LogP contribution in [-0.2, 0) is 19.9 Å². The Morgan fingerprint density at radius 3 is 2.72 bits per heavy atom. The van der Waals surface area contributed by atoms with Crippen LogP contribution < -0.4 is 5.32 Å². The Kier molecular flexibility index (Phi) is 4.39. The maximum atomic E-state index is 6.19. The molecule has 1 unspecified atom stereocenters. The van der Waals surface area contributed by atoms with E-state index in [2.05, 4.69) is 20.9 Å². The standard InChI is InChI=1S/C14H18ClN3/c1-16-12(10-14-17-7-8-18(14)2)9-11-5-3-4-6-13(11)15/h3-8,12,16H,9-10H2,1-2H3. The first-order chi connectivity index (χ1) is 8.70. The van der Waals surface area contributed by atoms with Crippen molar-refractivity contribution in [1.29, 1.82) is 0 Å². The summed E-state index contributed by atoms with van der Waals surface area (Å²) in [4.78, 5) is 4.36. The van der Waals surface area contributed by atoms with Gasteiger partial charge in [0, 0.05) is 36.9 Å². The summed E-state index contributed by atoms with van der Waals surface area (Å²) in [5, 5.41) is 4.16. The normalized spacial score (nSPS) is 12.6. The Morgan fingerprint density at radius 1 is 1.33 bits per heavy atom. The molecular formula is C14H18ClN3. The number of nitrogens with one attached hydrogen (secondary N) is 1. The minimum atomic E-state index is 0.339. The predicted molar refractivity (Wildman–Crippen MR) is 74.9 cm³/mol. The third-order valence-corrected chi connectivity index (χ3v) is 3.55. The molecule has 0 radical (unpaired) electrons. The number of halogens is 1. The summed E-state index contributed by atoms with van der Waals surface area (Å²) in [6.45, 7) is 0. The van der Waals surface area contributed by atoms with Crippen molar-refractivity contribution in [2.24, 2.45) is 7.05 Å². The Balaban J connectivity index is 2.06. The minimum absolute atomic E-state index is 0.339. The molecule has 4 heteroatoms. The van der Waals surface area contributed by atoms with Gasteiger partial charge in [-0.05, 0) is 25.1 Å². The summed E-state index contributed by atoms with van der Waals surface area (Å²) >= 11 is 6.19. The van der Waals surface area contributed by atoms with Crippen molar-refractivity contribution in [2.75, 3.05) is 7.05 Å². The molecule has 1 atom stereocenters. The van der Waals surface area contributed by atoms with Crippen LogP contribution in [0.3, 0.4) is 0 Å². The van der Waals surface area contributed by atoms with Gasteiger partial charge in [0.05, 0.1) is 0 Å². The van der Waals surface area contributed by atoms with Gasteiger partial charge in [0.15, 0.2) is 0 Å². The average Bonchev–Trinajstić information content (AvgIpc) is 2.77. The van der Waals surface area contributed by atoms with Gasteiger partial charge in [0.25, 0.3) is 0 Å². The van der Waals surface area contributed by atoms with E-state index in [4.69, 9.17) is 11.6 Å². The molecule has 1 N–H and O–H groups in total. The molecule has 18 heavy (non-hydrogen) atoms. The predicted octanol–water partition coefficient (Wildman–Crippen LogP) is 2.45. The molecule has 2 rings (SSSR count). The number of nitrogens with zero attached hydrogens (tertiary/aromatic N) is 2. The van der Waals surface area contributed by atoms with Gasteiger partial charge < -0.3 is 9.88 Å². The molecule has 0 spiro atoms. The van der Waals surface area contributed by atoms with Gasteiger partial charge in [-0.25, -0.2) is 4.98 Å². The second-order valence-electron chi connectivity index (χ2n) is 4.44. The fourth-order valence-corrected chi connectivity index (χ4v) is 2.23. The Hall–Kier alpha value is -1.32. The summed E-state index contributed by atoms with van der Waals surface area (Å²) in [6.07, 6.45) is 5.60. The van der Waals surface area contributed by atoms with E-state index in [1.54, 1.807) is 0 Å². The smallest absolute Gasteiger partial charge is 0.109 e. The molecular weight excluding hydrogens is 246 g/mol. The molecule has 0 aliphatic carbocycles. The molecule has 0 saturated carbocycles. The third-order valence-electron chi connectivity index (χ3n) is 3.18. The van der Waals surface area contributed by atoms with E-state index < -0.39 is 0 Å². The molecule has 0 saturated heterocycles. The second kappa shape index (κ2) is 6.03. The maximum Gasteiger partial charge on any atom is 0.109 e. The van der Waals surface area contributed by atoms with Crippen LogP contribution in [0, 0.1) is 0 Å².